The predicted molar refractivity (Wildman–Crippen MR) is 76.3 cm³/mol. The Morgan fingerprint density at radius 1 is 1.58 bits per heavy atom. The molecule has 4 nitrogen and oxygen atoms in total. The van der Waals surface area contributed by atoms with Crippen LogP contribution in [-0.2, 0) is 4.79 Å². The van der Waals surface area contributed by atoms with Gasteiger partial charge in [-0.15, -0.1) is 0 Å². The summed E-state index contributed by atoms with van der Waals surface area (Å²) in [6.07, 6.45) is 6.95. The Labute approximate surface area is 113 Å². The molecule has 0 amide bonds. The fourth-order valence-corrected chi connectivity index (χ4v) is 2.56. The molecule has 1 aliphatic rings. The largest absolute Gasteiger partial charge is 0.478 e. The second kappa shape index (κ2) is 5.87. The molecule has 1 aliphatic heterocycles. The Balaban J connectivity index is 2.17. The highest BCUT2D eigenvalue weighted by Gasteiger charge is 2.18. The van der Waals surface area contributed by atoms with Crippen LogP contribution in [0.15, 0.2) is 18.3 Å². The van der Waals surface area contributed by atoms with Crippen molar-refractivity contribution in [2.75, 3.05) is 18.0 Å². The summed E-state index contributed by atoms with van der Waals surface area (Å²) in [5.74, 6) is 0.798. The number of nitrogens with zero attached hydrogens (tertiary/aromatic N) is 2. The quantitative estimate of drug-likeness (QED) is 0.849. The van der Waals surface area contributed by atoms with Gasteiger partial charge in [0.1, 0.15) is 5.82 Å². The molecule has 1 aromatic rings. The maximum Gasteiger partial charge on any atom is 0.328 e. The summed E-state index contributed by atoms with van der Waals surface area (Å²) in [5.41, 5.74) is 1.93. The lowest BCUT2D eigenvalue weighted by Gasteiger charge is -2.32. The van der Waals surface area contributed by atoms with E-state index < -0.39 is 5.97 Å². The number of piperidine rings is 1. The molecule has 0 bridgehead atoms. The molecule has 1 fully saturated rings. The van der Waals surface area contributed by atoms with Gasteiger partial charge in [-0.3, -0.25) is 0 Å². The first-order chi connectivity index (χ1) is 9.06. The molecule has 1 unspecified atom stereocenters. The van der Waals surface area contributed by atoms with Gasteiger partial charge >= 0.3 is 5.97 Å². The Morgan fingerprint density at radius 3 is 3.00 bits per heavy atom. The molecule has 0 aromatic carbocycles. The molecule has 1 N–H and O–H groups in total. The summed E-state index contributed by atoms with van der Waals surface area (Å²) in [5, 5.41) is 8.62. The number of rotatable bonds is 3. The van der Waals surface area contributed by atoms with Crippen LogP contribution < -0.4 is 4.90 Å². The molecule has 0 radical (unpaired) electrons. The first kappa shape index (κ1) is 13.6. The first-order valence-electron chi connectivity index (χ1n) is 6.69. The SMILES string of the molecule is Cc1cc(/C=C/C(=O)O)cnc1N1CCCC(C)C1. The van der Waals surface area contributed by atoms with Crippen molar-refractivity contribution in [2.45, 2.75) is 26.7 Å². The molecule has 0 aliphatic carbocycles. The minimum Gasteiger partial charge on any atom is -0.478 e. The summed E-state index contributed by atoms with van der Waals surface area (Å²) in [4.78, 5) is 17.3. The van der Waals surface area contributed by atoms with E-state index in [1.807, 2.05) is 13.0 Å². The summed E-state index contributed by atoms with van der Waals surface area (Å²) in [6.45, 7) is 6.41. The highest BCUT2D eigenvalue weighted by Crippen LogP contribution is 2.24. The van der Waals surface area contributed by atoms with Crippen LogP contribution >= 0.6 is 0 Å². The van der Waals surface area contributed by atoms with Crippen molar-refractivity contribution in [1.82, 2.24) is 4.98 Å². The molecule has 19 heavy (non-hydrogen) atoms. The number of carboxylic acids is 1. The van der Waals surface area contributed by atoms with Crippen LogP contribution in [0.2, 0.25) is 0 Å². The van der Waals surface area contributed by atoms with Gasteiger partial charge in [0.15, 0.2) is 0 Å². The van der Waals surface area contributed by atoms with Crippen molar-refractivity contribution in [1.29, 1.82) is 0 Å². The van der Waals surface area contributed by atoms with Gasteiger partial charge in [-0.1, -0.05) is 6.92 Å². The van der Waals surface area contributed by atoms with Gasteiger partial charge < -0.3 is 10.0 Å². The number of aromatic nitrogens is 1. The molecule has 1 saturated heterocycles. The van der Waals surface area contributed by atoms with E-state index in [2.05, 4.69) is 16.8 Å². The van der Waals surface area contributed by atoms with Crippen LogP contribution in [0.3, 0.4) is 0 Å². The molecule has 1 aromatic heterocycles. The molecule has 0 saturated carbocycles. The van der Waals surface area contributed by atoms with Crippen LogP contribution in [0.4, 0.5) is 5.82 Å². The van der Waals surface area contributed by atoms with Gasteiger partial charge in [0.05, 0.1) is 0 Å². The van der Waals surface area contributed by atoms with Gasteiger partial charge in [-0.25, -0.2) is 9.78 Å². The molecule has 1 atom stereocenters. The van der Waals surface area contributed by atoms with E-state index in [0.29, 0.717) is 5.92 Å². The zero-order valence-corrected chi connectivity index (χ0v) is 11.5. The Kier molecular flexibility index (Phi) is 4.20. The van der Waals surface area contributed by atoms with Crippen molar-refractivity contribution in [2.24, 2.45) is 5.92 Å². The molecular weight excluding hydrogens is 240 g/mol. The van der Waals surface area contributed by atoms with Crippen LogP contribution in [0.5, 0.6) is 0 Å². The monoisotopic (exact) mass is 260 g/mol. The van der Waals surface area contributed by atoms with Gasteiger partial charge in [0, 0.05) is 25.4 Å². The maximum absolute atomic E-state index is 10.5. The second-order valence-corrected chi connectivity index (χ2v) is 5.27. The Hall–Kier alpha value is -1.84. The van der Waals surface area contributed by atoms with Crippen LogP contribution in [-0.4, -0.2) is 29.1 Å². The number of pyridine rings is 1. The van der Waals surface area contributed by atoms with E-state index in [-0.39, 0.29) is 0 Å². The zero-order chi connectivity index (χ0) is 13.8. The Bertz CT molecular complexity index is 497. The lowest BCUT2D eigenvalue weighted by Crippen LogP contribution is -2.35. The van der Waals surface area contributed by atoms with Gasteiger partial charge in [-0.2, -0.15) is 0 Å². The van der Waals surface area contributed by atoms with E-state index in [0.717, 1.165) is 36.1 Å². The molecule has 2 rings (SSSR count). The lowest BCUT2D eigenvalue weighted by atomic mass is 10.00. The average Bonchev–Trinajstić information content (AvgIpc) is 2.36. The van der Waals surface area contributed by atoms with E-state index in [4.69, 9.17) is 5.11 Å². The minimum atomic E-state index is -0.938. The smallest absolute Gasteiger partial charge is 0.328 e. The number of hydrogen-bond acceptors (Lipinski definition) is 3. The average molecular weight is 260 g/mol. The van der Waals surface area contributed by atoms with Gasteiger partial charge in [-0.05, 0) is 49.0 Å². The maximum atomic E-state index is 10.5. The van der Waals surface area contributed by atoms with Gasteiger partial charge in [0.25, 0.3) is 0 Å². The predicted octanol–water partition coefficient (Wildman–Crippen LogP) is 2.72. The van der Waals surface area contributed by atoms with Crippen LogP contribution in [0.1, 0.15) is 30.9 Å². The Morgan fingerprint density at radius 2 is 2.37 bits per heavy atom. The fraction of sp³-hybridized carbons (Fsp3) is 0.467. The van der Waals surface area contributed by atoms with Crippen LogP contribution in [0, 0.1) is 12.8 Å². The number of carboxylic acid groups (broad SMARTS) is 1. The van der Waals surface area contributed by atoms with E-state index >= 15 is 0 Å². The number of aliphatic carboxylic acids is 1. The molecular formula is C15H20N2O2. The van der Waals surface area contributed by atoms with Gasteiger partial charge in [0.2, 0.25) is 0 Å². The third kappa shape index (κ3) is 3.56. The molecule has 2 heterocycles. The lowest BCUT2D eigenvalue weighted by molar-refractivity contribution is -0.131. The molecule has 102 valence electrons. The fourth-order valence-electron chi connectivity index (χ4n) is 2.56. The summed E-state index contributed by atoms with van der Waals surface area (Å²) >= 11 is 0. The van der Waals surface area contributed by atoms with Crippen molar-refractivity contribution < 1.29 is 9.90 Å². The normalized spacial score (nSPS) is 19.9. The summed E-state index contributed by atoms with van der Waals surface area (Å²) < 4.78 is 0. The first-order valence-corrected chi connectivity index (χ1v) is 6.69. The van der Waals surface area contributed by atoms with E-state index in [1.165, 1.54) is 12.8 Å². The highest BCUT2D eigenvalue weighted by atomic mass is 16.4. The topological polar surface area (TPSA) is 53.4 Å². The van der Waals surface area contributed by atoms with Crippen molar-refractivity contribution in [3.05, 3.63) is 29.5 Å². The zero-order valence-electron chi connectivity index (χ0n) is 11.5. The summed E-state index contributed by atoms with van der Waals surface area (Å²) in [7, 11) is 0. The third-order valence-electron chi connectivity index (χ3n) is 3.45. The molecule has 0 spiro atoms. The second-order valence-electron chi connectivity index (χ2n) is 5.27. The van der Waals surface area contributed by atoms with E-state index in [1.54, 1.807) is 12.3 Å². The van der Waals surface area contributed by atoms with Crippen molar-refractivity contribution >= 4 is 17.9 Å². The molecule has 4 heteroatoms. The summed E-state index contributed by atoms with van der Waals surface area (Å²) in [6, 6.07) is 1.99. The van der Waals surface area contributed by atoms with Crippen LogP contribution in [0.25, 0.3) is 6.08 Å². The van der Waals surface area contributed by atoms with Crippen molar-refractivity contribution in [3.63, 3.8) is 0 Å². The van der Waals surface area contributed by atoms with E-state index in [9.17, 15) is 4.79 Å². The standard InChI is InChI=1S/C15H20N2O2/c1-11-4-3-7-17(10-11)15-12(2)8-13(9-16-15)5-6-14(18)19/h5-6,8-9,11H,3-4,7,10H2,1-2H3,(H,18,19)/b6-5+. The third-order valence-corrected chi connectivity index (χ3v) is 3.45. The number of aryl methyl sites for hydroxylation is 1. The number of anilines is 1. The number of carbonyl (C=O) groups is 1. The minimum absolute atomic E-state index is 0.710. The highest BCUT2D eigenvalue weighted by molar-refractivity contribution is 5.85. The van der Waals surface area contributed by atoms with Crippen molar-refractivity contribution in [3.8, 4) is 0 Å². The number of hydrogen-bond donors (Lipinski definition) is 1.